The van der Waals surface area contributed by atoms with E-state index in [-0.39, 0.29) is 58.6 Å². The third kappa shape index (κ3) is 4.11. The van der Waals surface area contributed by atoms with E-state index >= 15 is 0 Å². The van der Waals surface area contributed by atoms with E-state index in [0.29, 0.717) is 6.61 Å². The average Bonchev–Trinajstić information content (AvgIpc) is 2.05. The Morgan fingerprint density at radius 3 is 2.54 bits per heavy atom. The molecule has 1 aromatic carbocycles. The van der Waals surface area contributed by atoms with E-state index in [4.69, 9.17) is 4.74 Å². The van der Waals surface area contributed by atoms with Gasteiger partial charge >= 0.3 is 0 Å². The Hall–Kier alpha value is 0.630. The Balaban J connectivity index is 0. The summed E-state index contributed by atoms with van der Waals surface area (Å²) in [6, 6.07) is 8.03. The molecular weight excluding hydrogens is 463 g/mol. The molecule has 0 radical (unpaired) electrons. The van der Waals surface area contributed by atoms with Gasteiger partial charge in [-0.2, -0.15) is 0 Å². The number of rotatable bonds is 0. The monoisotopic (exact) mass is 472 g/mol. The number of ether oxygens (including phenoxy) is 1. The van der Waals surface area contributed by atoms with Gasteiger partial charge in [0.1, 0.15) is 12.4 Å². The standard InChI is InChI=1S/C9H8O.Mo.Ni.W/c1-2-6-9-8(4-1)5-3-7-10-9;;;/h1-6H,7H2;;;. The first kappa shape index (κ1) is 16.1. The van der Waals surface area contributed by atoms with Crippen LogP contribution in [0.15, 0.2) is 30.3 Å². The van der Waals surface area contributed by atoms with Crippen molar-refractivity contribution in [3.05, 3.63) is 35.9 Å². The first-order valence-corrected chi connectivity index (χ1v) is 3.35. The van der Waals surface area contributed by atoms with Crippen LogP contribution >= 0.6 is 0 Å². The average molecular weight is 471 g/mol. The summed E-state index contributed by atoms with van der Waals surface area (Å²) in [6.45, 7) is 0.705. The fourth-order valence-electron chi connectivity index (χ4n) is 1.06. The molecule has 0 bridgehead atoms. The first-order valence-electron chi connectivity index (χ1n) is 3.35. The van der Waals surface area contributed by atoms with E-state index in [1.165, 1.54) is 5.56 Å². The van der Waals surface area contributed by atoms with Crippen molar-refractivity contribution >= 4 is 6.08 Å². The molecule has 0 N–H and O–H groups in total. The zero-order valence-corrected chi connectivity index (χ0v) is 12.6. The topological polar surface area (TPSA) is 9.23 Å². The molecule has 1 nitrogen and oxygen atoms in total. The van der Waals surface area contributed by atoms with Crippen molar-refractivity contribution in [2.75, 3.05) is 6.61 Å². The minimum absolute atomic E-state index is 0. The van der Waals surface area contributed by atoms with Gasteiger partial charge in [-0.25, -0.2) is 0 Å². The van der Waals surface area contributed by atoms with E-state index < -0.39 is 0 Å². The molecule has 4 heteroatoms. The predicted octanol–water partition coefficient (Wildman–Crippen LogP) is 2.08. The third-order valence-corrected chi connectivity index (χ3v) is 1.55. The molecule has 0 fully saturated rings. The summed E-state index contributed by atoms with van der Waals surface area (Å²) in [7, 11) is 0. The Morgan fingerprint density at radius 2 is 1.85 bits per heavy atom. The van der Waals surface area contributed by atoms with Crippen LogP contribution in [0, 0.1) is 0 Å². The molecule has 0 spiro atoms. The first-order chi connectivity index (χ1) is 4.97. The Morgan fingerprint density at radius 1 is 1.15 bits per heavy atom. The van der Waals surface area contributed by atoms with Crippen molar-refractivity contribution in [3.63, 3.8) is 0 Å². The van der Waals surface area contributed by atoms with E-state index in [0.717, 1.165) is 5.75 Å². The minimum atomic E-state index is 0. The molecule has 1 aromatic rings. The minimum Gasteiger partial charge on any atom is -0.489 e. The van der Waals surface area contributed by atoms with Crippen molar-refractivity contribution in [3.8, 4) is 5.75 Å². The number of hydrogen-bond acceptors (Lipinski definition) is 1. The molecule has 0 saturated heterocycles. The number of fused-ring (bicyclic) bond motifs is 1. The van der Waals surface area contributed by atoms with Gasteiger partial charge in [0.2, 0.25) is 0 Å². The van der Waals surface area contributed by atoms with Crippen molar-refractivity contribution in [2.24, 2.45) is 0 Å². The second-order valence-electron chi connectivity index (χ2n) is 2.25. The van der Waals surface area contributed by atoms with Crippen LogP contribution in [0.3, 0.4) is 0 Å². The molecule has 1 aliphatic rings. The summed E-state index contributed by atoms with van der Waals surface area (Å²) >= 11 is 0. The fraction of sp³-hybridized carbons (Fsp3) is 0.111. The third-order valence-electron chi connectivity index (χ3n) is 1.55. The van der Waals surface area contributed by atoms with Crippen LogP contribution < -0.4 is 4.74 Å². The Kier molecular flexibility index (Phi) is 9.87. The van der Waals surface area contributed by atoms with Crippen molar-refractivity contribution in [1.29, 1.82) is 0 Å². The second kappa shape index (κ2) is 7.98. The van der Waals surface area contributed by atoms with Gasteiger partial charge in [-0.3, -0.25) is 0 Å². The van der Waals surface area contributed by atoms with E-state index in [1.807, 2.05) is 30.3 Å². The summed E-state index contributed by atoms with van der Waals surface area (Å²) < 4.78 is 5.34. The molecule has 1 heterocycles. The SMILES string of the molecule is C1=Cc2ccccc2OC1.[Mo].[Ni].[W]. The molecule has 1 aliphatic heterocycles. The maximum absolute atomic E-state index is 5.34. The van der Waals surface area contributed by atoms with Gasteiger partial charge in [-0.1, -0.05) is 24.3 Å². The van der Waals surface area contributed by atoms with Gasteiger partial charge in [0.05, 0.1) is 0 Å². The molecular formula is C9H8MoNiOW. The molecule has 2 rings (SSSR count). The summed E-state index contributed by atoms with van der Waals surface area (Å²) in [6.07, 6.45) is 4.10. The van der Waals surface area contributed by atoms with Crippen LogP contribution in [0.1, 0.15) is 5.56 Å². The molecule has 0 atom stereocenters. The Bertz CT molecular complexity index is 278. The van der Waals surface area contributed by atoms with Gasteiger partial charge in [0.25, 0.3) is 0 Å². The maximum Gasteiger partial charge on any atom is 0.126 e. The van der Waals surface area contributed by atoms with Gasteiger partial charge in [-0.15, -0.1) is 0 Å². The molecule has 0 aromatic heterocycles. The van der Waals surface area contributed by atoms with Crippen LogP contribution in [0.5, 0.6) is 5.75 Å². The Labute approximate surface area is 117 Å². The largest absolute Gasteiger partial charge is 0.489 e. The van der Waals surface area contributed by atoms with Crippen molar-refractivity contribution in [1.82, 2.24) is 0 Å². The summed E-state index contributed by atoms with van der Waals surface area (Å²) in [5, 5.41) is 0. The van der Waals surface area contributed by atoms with Crippen LogP contribution in [0.25, 0.3) is 6.08 Å². The zero-order valence-electron chi connectivity index (χ0n) is 6.71. The van der Waals surface area contributed by atoms with Gasteiger partial charge in [-0.05, 0) is 12.1 Å². The smallest absolute Gasteiger partial charge is 0.126 e. The number of benzene rings is 1. The summed E-state index contributed by atoms with van der Waals surface area (Å²) in [5.41, 5.74) is 1.17. The molecule has 72 valence electrons. The van der Waals surface area contributed by atoms with E-state index in [1.54, 1.807) is 0 Å². The number of hydrogen-bond donors (Lipinski definition) is 0. The number of para-hydroxylation sites is 1. The van der Waals surface area contributed by atoms with Crippen molar-refractivity contribution < 1.29 is 63.4 Å². The summed E-state index contributed by atoms with van der Waals surface area (Å²) in [5.74, 6) is 0.991. The van der Waals surface area contributed by atoms with Crippen molar-refractivity contribution in [2.45, 2.75) is 0 Å². The zero-order chi connectivity index (χ0) is 6.81. The summed E-state index contributed by atoms with van der Waals surface area (Å²) in [4.78, 5) is 0. The van der Waals surface area contributed by atoms with Gasteiger partial charge in [0, 0.05) is 64.2 Å². The molecule has 0 unspecified atom stereocenters. The normalized spacial score (nSPS) is 10.8. The second-order valence-corrected chi connectivity index (χ2v) is 2.25. The van der Waals surface area contributed by atoms with E-state index in [9.17, 15) is 0 Å². The van der Waals surface area contributed by atoms with Crippen LogP contribution in [-0.2, 0) is 58.6 Å². The van der Waals surface area contributed by atoms with Crippen LogP contribution in [0.4, 0.5) is 0 Å². The quantitative estimate of drug-likeness (QED) is 0.528. The molecule has 0 saturated carbocycles. The molecule has 0 aliphatic carbocycles. The van der Waals surface area contributed by atoms with Crippen LogP contribution in [-0.4, -0.2) is 6.61 Å². The van der Waals surface area contributed by atoms with Crippen LogP contribution in [0.2, 0.25) is 0 Å². The van der Waals surface area contributed by atoms with Gasteiger partial charge in [0.15, 0.2) is 0 Å². The molecule has 13 heavy (non-hydrogen) atoms. The van der Waals surface area contributed by atoms with E-state index in [2.05, 4.69) is 6.08 Å². The predicted molar refractivity (Wildman–Crippen MR) is 41.0 cm³/mol. The maximum atomic E-state index is 5.34. The fourth-order valence-corrected chi connectivity index (χ4v) is 1.06. The van der Waals surface area contributed by atoms with Gasteiger partial charge < -0.3 is 4.74 Å². The molecule has 0 amide bonds.